The smallest absolute Gasteiger partial charge is 0.317 e. The normalized spacial score (nSPS) is 11.2. The van der Waals surface area contributed by atoms with Gasteiger partial charge in [0.15, 0.2) is 0 Å². The van der Waals surface area contributed by atoms with Crippen LogP contribution in [0.5, 0.6) is 0 Å². The molecule has 0 saturated heterocycles. The van der Waals surface area contributed by atoms with Crippen LogP contribution in [0.2, 0.25) is 0 Å². The molecule has 0 aromatic carbocycles. The molecule has 0 fully saturated rings. The van der Waals surface area contributed by atoms with Gasteiger partial charge in [-0.25, -0.2) is 4.79 Å². The molecule has 0 aromatic rings. The van der Waals surface area contributed by atoms with Crippen LogP contribution < -0.4 is 11.1 Å². The first-order chi connectivity index (χ1) is 6.46. The van der Waals surface area contributed by atoms with Gasteiger partial charge in [0.25, 0.3) is 0 Å². The zero-order valence-electron chi connectivity index (χ0n) is 9.76. The van der Waals surface area contributed by atoms with E-state index >= 15 is 0 Å². The van der Waals surface area contributed by atoms with Crippen molar-refractivity contribution < 1.29 is 4.79 Å². The van der Waals surface area contributed by atoms with E-state index in [0.29, 0.717) is 19.6 Å². The molecule has 0 spiro atoms. The van der Waals surface area contributed by atoms with Crippen LogP contribution in [0.15, 0.2) is 0 Å². The van der Waals surface area contributed by atoms with Crippen molar-refractivity contribution in [3.63, 3.8) is 0 Å². The molecule has 0 rings (SSSR count). The Balaban J connectivity index is 4.21. The third-order valence-corrected chi connectivity index (χ3v) is 2.17. The average molecular weight is 201 g/mol. The highest BCUT2D eigenvalue weighted by Crippen LogP contribution is 2.14. The summed E-state index contributed by atoms with van der Waals surface area (Å²) in [4.78, 5) is 13.3. The van der Waals surface area contributed by atoms with Gasteiger partial charge < -0.3 is 16.0 Å². The Bertz CT molecular complexity index is 180. The zero-order chi connectivity index (χ0) is 11.2. The highest BCUT2D eigenvalue weighted by molar-refractivity contribution is 5.74. The highest BCUT2D eigenvalue weighted by atomic mass is 16.2. The van der Waals surface area contributed by atoms with Crippen molar-refractivity contribution in [3.05, 3.63) is 0 Å². The Morgan fingerprint density at radius 2 is 2.00 bits per heavy atom. The van der Waals surface area contributed by atoms with Gasteiger partial charge in [-0.1, -0.05) is 13.8 Å². The van der Waals surface area contributed by atoms with Crippen molar-refractivity contribution in [2.45, 2.75) is 27.7 Å². The summed E-state index contributed by atoms with van der Waals surface area (Å²) in [6.07, 6.45) is 0. The molecule has 0 aliphatic carbocycles. The topological polar surface area (TPSA) is 58.4 Å². The van der Waals surface area contributed by atoms with E-state index in [4.69, 9.17) is 5.73 Å². The standard InChI is InChI=1S/C10H23N3O/c1-5-12-9(14)13(6-2)8-10(3,4)7-11/h5-8,11H2,1-4H3,(H,12,14). The first-order valence-electron chi connectivity index (χ1n) is 5.19. The van der Waals surface area contributed by atoms with Crippen molar-refractivity contribution in [1.29, 1.82) is 0 Å². The summed E-state index contributed by atoms with van der Waals surface area (Å²) in [6, 6.07) is -0.00322. The van der Waals surface area contributed by atoms with Gasteiger partial charge in [-0.15, -0.1) is 0 Å². The second-order valence-electron chi connectivity index (χ2n) is 4.22. The van der Waals surface area contributed by atoms with E-state index in [2.05, 4.69) is 19.2 Å². The summed E-state index contributed by atoms with van der Waals surface area (Å²) in [5, 5.41) is 2.79. The number of carbonyl (C=O) groups is 1. The molecule has 0 heterocycles. The van der Waals surface area contributed by atoms with Crippen LogP contribution in [0.4, 0.5) is 4.79 Å². The summed E-state index contributed by atoms with van der Waals surface area (Å²) in [7, 11) is 0. The first-order valence-corrected chi connectivity index (χ1v) is 5.19. The van der Waals surface area contributed by atoms with Gasteiger partial charge in [-0.2, -0.15) is 0 Å². The molecule has 4 heteroatoms. The van der Waals surface area contributed by atoms with Gasteiger partial charge in [0, 0.05) is 19.6 Å². The van der Waals surface area contributed by atoms with Crippen molar-refractivity contribution in [1.82, 2.24) is 10.2 Å². The number of carbonyl (C=O) groups excluding carboxylic acids is 1. The summed E-state index contributed by atoms with van der Waals surface area (Å²) in [6.45, 7) is 10.7. The lowest BCUT2D eigenvalue weighted by atomic mass is 9.93. The van der Waals surface area contributed by atoms with E-state index in [1.165, 1.54) is 0 Å². The number of urea groups is 1. The fourth-order valence-electron chi connectivity index (χ4n) is 1.17. The van der Waals surface area contributed by atoms with Crippen LogP contribution in [0.1, 0.15) is 27.7 Å². The number of hydrogen-bond acceptors (Lipinski definition) is 2. The maximum atomic E-state index is 11.5. The molecule has 0 aromatic heterocycles. The molecule has 2 amide bonds. The molecule has 3 N–H and O–H groups in total. The largest absolute Gasteiger partial charge is 0.338 e. The van der Waals surface area contributed by atoms with Crippen LogP contribution in [0.25, 0.3) is 0 Å². The molecular formula is C10H23N3O. The lowest BCUT2D eigenvalue weighted by Gasteiger charge is -2.31. The lowest BCUT2D eigenvalue weighted by Crippen LogP contribution is -2.46. The second-order valence-corrected chi connectivity index (χ2v) is 4.22. The van der Waals surface area contributed by atoms with Crippen LogP contribution in [-0.2, 0) is 0 Å². The van der Waals surface area contributed by atoms with E-state index < -0.39 is 0 Å². The number of rotatable bonds is 5. The number of nitrogens with two attached hydrogens (primary N) is 1. The van der Waals surface area contributed by atoms with Crippen LogP contribution in [0.3, 0.4) is 0 Å². The van der Waals surface area contributed by atoms with Crippen LogP contribution in [0, 0.1) is 5.41 Å². The monoisotopic (exact) mass is 201 g/mol. The number of amides is 2. The zero-order valence-corrected chi connectivity index (χ0v) is 9.76. The van der Waals surface area contributed by atoms with Gasteiger partial charge in [0.2, 0.25) is 0 Å². The minimum Gasteiger partial charge on any atom is -0.338 e. The molecule has 84 valence electrons. The molecule has 0 saturated carbocycles. The molecule has 0 unspecified atom stereocenters. The van der Waals surface area contributed by atoms with Crippen molar-refractivity contribution in [3.8, 4) is 0 Å². The molecule has 0 atom stereocenters. The van der Waals surface area contributed by atoms with Gasteiger partial charge in [0.05, 0.1) is 0 Å². The van der Waals surface area contributed by atoms with Crippen molar-refractivity contribution in [2.75, 3.05) is 26.2 Å². The van der Waals surface area contributed by atoms with Crippen LogP contribution in [-0.4, -0.2) is 37.1 Å². The summed E-state index contributed by atoms with van der Waals surface area (Å²) in [5.41, 5.74) is 5.61. The summed E-state index contributed by atoms with van der Waals surface area (Å²) in [5.74, 6) is 0. The van der Waals surface area contributed by atoms with Crippen LogP contribution >= 0.6 is 0 Å². The third kappa shape index (κ3) is 4.46. The van der Waals surface area contributed by atoms with E-state index in [0.717, 1.165) is 6.54 Å². The SMILES string of the molecule is CCNC(=O)N(CC)CC(C)(C)CN. The summed E-state index contributed by atoms with van der Waals surface area (Å²) >= 11 is 0. The van der Waals surface area contributed by atoms with E-state index in [1.54, 1.807) is 4.90 Å². The fourth-order valence-corrected chi connectivity index (χ4v) is 1.17. The molecular weight excluding hydrogens is 178 g/mol. The fraction of sp³-hybridized carbons (Fsp3) is 0.900. The molecule has 0 radical (unpaired) electrons. The van der Waals surface area contributed by atoms with Crippen molar-refractivity contribution in [2.24, 2.45) is 11.1 Å². The highest BCUT2D eigenvalue weighted by Gasteiger charge is 2.22. The Morgan fingerprint density at radius 3 is 2.36 bits per heavy atom. The Morgan fingerprint density at radius 1 is 1.43 bits per heavy atom. The lowest BCUT2D eigenvalue weighted by molar-refractivity contribution is 0.174. The van der Waals surface area contributed by atoms with Gasteiger partial charge in [-0.3, -0.25) is 0 Å². The Labute approximate surface area is 86.8 Å². The first kappa shape index (κ1) is 13.2. The Kier molecular flexibility index (Phi) is 5.53. The van der Waals surface area contributed by atoms with Crippen molar-refractivity contribution >= 4 is 6.03 Å². The molecule has 4 nitrogen and oxygen atoms in total. The minimum atomic E-state index is -0.0128. The molecule has 0 aliphatic rings. The maximum Gasteiger partial charge on any atom is 0.317 e. The minimum absolute atomic E-state index is 0.00322. The van der Waals surface area contributed by atoms with Gasteiger partial charge in [-0.05, 0) is 25.8 Å². The van der Waals surface area contributed by atoms with Gasteiger partial charge >= 0.3 is 6.03 Å². The van der Waals surface area contributed by atoms with E-state index in [-0.39, 0.29) is 11.4 Å². The maximum absolute atomic E-state index is 11.5. The molecule has 0 bridgehead atoms. The summed E-state index contributed by atoms with van der Waals surface area (Å²) < 4.78 is 0. The predicted octanol–water partition coefficient (Wildman–Crippen LogP) is 1.02. The molecule has 14 heavy (non-hydrogen) atoms. The second kappa shape index (κ2) is 5.86. The third-order valence-electron chi connectivity index (χ3n) is 2.17. The number of nitrogens with one attached hydrogen (secondary N) is 1. The van der Waals surface area contributed by atoms with E-state index in [9.17, 15) is 4.79 Å². The number of hydrogen-bond donors (Lipinski definition) is 2. The predicted molar refractivity (Wildman–Crippen MR) is 59.2 cm³/mol. The van der Waals surface area contributed by atoms with Gasteiger partial charge in [0.1, 0.15) is 0 Å². The quantitative estimate of drug-likeness (QED) is 0.698. The Hall–Kier alpha value is -0.770. The van der Waals surface area contributed by atoms with E-state index in [1.807, 2.05) is 13.8 Å². The molecule has 0 aliphatic heterocycles. The average Bonchev–Trinajstić information content (AvgIpc) is 2.14. The number of nitrogens with zero attached hydrogens (tertiary/aromatic N) is 1.